The first-order valence-corrected chi connectivity index (χ1v) is 8.79. The second-order valence-electron chi connectivity index (χ2n) is 4.24. The van der Waals surface area contributed by atoms with E-state index in [-0.39, 0.29) is 0 Å². The zero-order valence-electron chi connectivity index (χ0n) is 10.6. The second-order valence-corrected chi connectivity index (χ2v) is 8.70. The van der Waals surface area contributed by atoms with Crippen LogP contribution in [0.15, 0.2) is 38.3 Å². The van der Waals surface area contributed by atoms with Gasteiger partial charge in [-0.25, -0.2) is 13.1 Å². The minimum atomic E-state index is -3.43. The first kappa shape index (κ1) is 14.7. The van der Waals surface area contributed by atoms with Crippen LogP contribution in [0.3, 0.4) is 0 Å². The van der Waals surface area contributed by atoms with E-state index < -0.39 is 10.0 Å². The fourth-order valence-corrected chi connectivity index (χ4v) is 4.75. The van der Waals surface area contributed by atoms with Gasteiger partial charge in [-0.3, -0.25) is 0 Å². The number of hydrogen-bond acceptors (Lipinski definition) is 3. The molecule has 0 atom stereocenters. The molecule has 0 aliphatic carbocycles. The van der Waals surface area contributed by atoms with Gasteiger partial charge in [0.1, 0.15) is 4.21 Å². The summed E-state index contributed by atoms with van der Waals surface area (Å²) in [6.07, 6.45) is 0. The predicted octanol–water partition coefficient (Wildman–Crippen LogP) is 3.61. The highest BCUT2D eigenvalue weighted by molar-refractivity contribution is 9.11. The maximum Gasteiger partial charge on any atom is 0.250 e. The molecule has 0 radical (unpaired) electrons. The van der Waals surface area contributed by atoms with E-state index in [1.54, 1.807) is 12.1 Å². The van der Waals surface area contributed by atoms with Gasteiger partial charge in [0.25, 0.3) is 0 Å². The molecule has 3 nitrogen and oxygen atoms in total. The number of rotatable bonds is 4. The maximum absolute atomic E-state index is 12.1. The second kappa shape index (κ2) is 5.75. The molecule has 19 heavy (non-hydrogen) atoms. The summed E-state index contributed by atoms with van der Waals surface area (Å²) in [6.45, 7) is 4.33. The standard InChI is InChI=1S/C13H14BrNO2S2/c1-9-4-3-5-11(10(9)2)8-15-19(16,17)13-7-6-12(14)18-13/h3-7,15H,8H2,1-2H3. The molecule has 1 heterocycles. The fraction of sp³-hybridized carbons (Fsp3) is 0.231. The van der Waals surface area contributed by atoms with Gasteiger partial charge in [0.2, 0.25) is 10.0 Å². The maximum atomic E-state index is 12.1. The van der Waals surface area contributed by atoms with Crippen molar-refractivity contribution in [2.45, 2.75) is 24.6 Å². The lowest BCUT2D eigenvalue weighted by Gasteiger charge is -2.09. The van der Waals surface area contributed by atoms with E-state index in [1.807, 2.05) is 32.0 Å². The van der Waals surface area contributed by atoms with E-state index >= 15 is 0 Å². The van der Waals surface area contributed by atoms with Crippen LogP contribution in [0.1, 0.15) is 16.7 Å². The molecule has 1 aromatic carbocycles. The molecule has 1 aromatic heterocycles. The van der Waals surface area contributed by atoms with Gasteiger partial charge in [-0.05, 0) is 58.6 Å². The monoisotopic (exact) mass is 359 g/mol. The molecule has 0 fully saturated rings. The SMILES string of the molecule is Cc1cccc(CNS(=O)(=O)c2ccc(Br)s2)c1C. The lowest BCUT2D eigenvalue weighted by molar-refractivity contribution is 0.583. The summed E-state index contributed by atoms with van der Waals surface area (Å²) in [7, 11) is -3.43. The number of sulfonamides is 1. The lowest BCUT2D eigenvalue weighted by Crippen LogP contribution is -2.22. The summed E-state index contributed by atoms with van der Waals surface area (Å²) in [4.78, 5) is 0. The van der Waals surface area contributed by atoms with Crippen molar-refractivity contribution in [2.75, 3.05) is 0 Å². The predicted molar refractivity (Wildman–Crippen MR) is 82.0 cm³/mol. The Hall–Kier alpha value is -0.690. The number of thiophene rings is 1. The van der Waals surface area contributed by atoms with Crippen LogP contribution in [0, 0.1) is 13.8 Å². The van der Waals surface area contributed by atoms with Crippen LogP contribution in [0.5, 0.6) is 0 Å². The normalized spacial score (nSPS) is 11.7. The molecule has 0 unspecified atom stereocenters. The van der Waals surface area contributed by atoms with Crippen LogP contribution in [0.25, 0.3) is 0 Å². The van der Waals surface area contributed by atoms with E-state index in [9.17, 15) is 8.42 Å². The molecule has 0 saturated heterocycles. The largest absolute Gasteiger partial charge is 0.250 e. The van der Waals surface area contributed by atoms with Crippen LogP contribution in [0.4, 0.5) is 0 Å². The van der Waals surface area contributed by atoms with Crippen molar-refractivity contribution >= 4 is 37.3 Å². The summed E-state index contributed by atoms with van der Waals surface area (Å²) in [5, 5.41) is 0. The molecular weight excluding hydrogens is 346 g/mol. The van der Waals surface area contributed by atoms with Gasteiger partial charge in [-0.15, -0.1) is 11.3 Å². The number of nitrogens with one attached hydrogen (secondary N) is 1. The van der Waals surface area contributed by atoms with E-state index in [4.69, 9.17) is 0 Å². The Kier molecular flexibility index (Phi) is 4.45. The molecule has 0 saturated carbocycles. The Labute approximate surface area is 125 Å². The van der Waals surface area contributed by atoms with Gasteiger partial charge in [-0.1, -0.05) is 18.2 Å². The highest BCUT2D eigenvalue weighted by atomic mass is 79.9. The summed E-state index contributed by atoms with van der Waals surface area (Å²) < 4.78 is 28.0. The van der Waals surface area contributed by atoms with Crippen LogP contribution < -0.4 is 4.72 Å². The summed E-state index contributed by atoms with van der Waals surface area (Å²) in [5.74, 6) is 0. The van der Waals surface area contributed by atoms with E-state index in [2.05, 4.69) is 20.7 Å². The third-order valence-corrected chi connectivity index (χ3v) is 6.50. The zero-order valence-corrected chi connectivity index (χ0v) is 13.8. The van der Waals surface area contributed by atoms with Crippen LogP contribution >= 0.6 is 27.3 Å². The fourth-order valence-electron chi connectivity index (χ4n) is 1.69. The van der Waals surface area contributed by atoms with Crippen LogP contribution in [-0.2, 0) is 16.6 Å². The van der Waals surface area contributed by atoms with Gasteiger partial charge >= 0.3 is 0 Å². The minimum Gasteiger partial charge on any atom is -0.206 e. The highest BCUT2D eigenvalue weighted by Gasteiger charge is 2.16. The third kappa shape index (κ3) is 3.45. The van der Waals surface area contributed by atoms with Crippen molar-refractivity contribution in [3.05, 3.63) is 50.8 Å². The number of hydrogen-bond donors (Lipinski definition) is 1. The Bertz CT molecular complexity index is 692. The van der Waals surface area contributed by atoms with Gasteiger partial charge in [0.15, 0.2) is 0 Å². The van der Waals surface area contributed by atoms with Crippen molar-refractivity contribution < 1.29 is 8.42 Å². The van der Waals surface area contributed by atoms with E-state index in [1.165, 1.54) is 11.3 Å². The van der Waals surface area contributed by atoms with E-state index in [0.29, 0.717) is 10.8 Å². The molecule has 0 aliphatic heterocycles. The Morgan fingerprint density at radius 1 is 1.21 bits per heavy atom. The molecule has 0 aliphatic rings. The van der Waals surface area contributed by atoms with Gasteiger partial charge < -0.3 is 0 Å². The van der Waals surface area contributed by atoms with Crippen molar-refractivity contribution in [1.82, 2.24) is 4.72 Å². The molecule has 6 heteroatoms. The molecule has 2 aromatic rings. The highest BCUT2D eigenvalue weighted by Crippen LogP contribution is 2.26. The molecule has 0 spiro atoms. The third-order valence-electron chi connectivity index (χ3n) is 2.98. The van der Waals surface area contributed by atoms with Crippen molar-refractivity contribution in [2.24, 2.45) is 0 Å². The summed E-state index contributed by atoms with van der Waals surface area (Å²) >= 11 is 4.47. The Morgan fingerprint density at radius 2 is 1.95 bits per heavy atom. The van der Waals surface area contributed by atoms with Crippen molar-refractivity contribution in [3.63, 3.8) is 0 Å². The van der Waals surface area contributed by atoms with Gasteiger partial charge in [-0.2, -0.15) is 0 Å². The molecule has 0 bridgehead atoms. The van der Waals surface area contributed by atoms with Crippen LogP contribution in [0.2, 0.25) is 0 Å². The quantitative estimate of drug-likeness (QED) is 0.906. The van der Waals surface area contributed by atoms with Crippen molar-refractivity contribution in [3.8, 4) is 0 Å². The van der Waals surface area contributed by atoms with E-state index in [0.717, 1.165) is 20.5 Å². The summed E-state index contributed by atoms with van der Waals surface area (Å²) in [6, 6.07) is 9.23. The average Bonchev–Trinajstić information content (AvgIpc) is 2.79. The number of benzene rings is 1. The Balaban J connectivity index is 2.16. The zero-order chi connectivity index (χ0) is 14.0. The first-order valence-electron chi connectivity index (χ1n) is 5.70. The lowest BCUT2D eigenvalue weighted by atomic mass is 10.0. The van der Waals surface area contributed by atoms with Crippen molar-refractivity contribution in [1.29, 1.82) is 0 Å². The minimum absolute atomic E-state index is 0.311. The molecular formula is C13H14BrNO2S2. The first-order chi connectivity index (χ1) is 8.90. The topological polar surface area (TPSA) is 46.2 Å². The van der Waals surface area contributed by atoms with Gasteiger partial charge in [0.05, 0.1) is 3.79 Å². The Morgan fingerprint density at radius 3 is 2.58 bits per heavy atom. The van der Waals surface area contributed by atoms with Gasteiger partial charge in [0, 0.05) is 6.54 Å². The average molecular weight is 360 g/mol. The molecule has 1 N–H and O–H groups in total. The molecule has 0 amide bonds. The molecule has 102 valence electrons. The summed E-state index contributed by atoms with van der Waals surface area (Å²) in [5.41, 5.74) is 3.28. The van der Waals surface area contributed by atoms with Crippen LogP contribution in [-0.4, -0.2) is 8.42 Å². The number of halogens is 1. The number of aryl methyl sites for hydroxylation is 1. The molecule has 2 rings (SSSR count). The smallest absolute Gasteiger partial charge is 0.206 e.